The number of carbonyl (C=O) groups excluding carboxylic acids is 1. The predicted molar refractivity (Wildman–Crippen MR) is 76.5 cm³/mol. The number of nitrogens with zero attached hydrogens (tertiary/aromatic N) is 1. The molecule has 0 saturated carbocycles. The van der Waals surface area contributed by atoms with Crippen molar-refractivity contribution in [2.75, 3.05) is 11.9 Å². The molecular weight excluding hydrogens is 256 g/mol. The molecule has 0 bridgehead atoms. The first-order valence-corrected chi connectivity index (χ1v) is 6.31. The van der Waals surface area contributed by atoms with Gasteiger partial charge < -0.3 is 15.8 Å². The zero-order chi connectivity index (χ0) is 14.5. The van der Waals surface area contributed by atoms with Crippen molar-refractivity contribution in [3.8, 4) is 5.75 Å². The molecule has 2 rings (SSSR count). The summed E-state index contributed by atoms with van der Waals surface area (Å²) >= 11 is 0. The van der Waals surface area contributed by atoms with Crippen molar-refractivity contribution in [2.45, 2.75) is 20.4 Å². The van der Waals surface area contributed by atoms with Crippen molar-refractivity contribution in [2.24, 2.45) is 5.73 Å². The van der Waals surface area contributed by atoms with Crippen molar-refractivity contribution >= 4 is 11.6 Å². The number of hydrogen-bond acceptors (Lipinski definition) is 4. The highest BCUT2D eigenvalue weighted by atomic mass is 16.5. The van der Waals surface area contributed by atoms with Crippen molar-refractivity contribution in [1.82, 2.24) is 10.2 Å². The lowest BCUT2D eigenvalue weighted by molar-refractivity contribution is -0.119. The zero-order valence-corrected chi connectivity index (χ0v) is 11.6. The van der Waals surface area contributed by atoms with E-state index in [1.54, 1.807) is 6.07 Å². The summed E-state index contributed by atoms with van der Waals surface area (Å²) in [7, 11) is 0. The van der Waals surface area contributed by atoms with Crippen molar-refractivity contribution in [3.63, 3.8) is 0 Å². The molecule has 6 nitrogen and oxygen atoms in total. The second-order valence-corrected chi connectivity index (χ2v) is 4.55. The minimum atomic E-state index is -0.493. The van der Waals surface area contributed by atoms with Gasteiger partial charge in [-0.1, -0.05) is 6.07 Å². The molecule has 0 aliphatic heterocycles. The Labute approximate surface area is 117 Å². The third-order valence-corrected chi connectivity index (χ3v) is 2.97. The first-order chi connectivity index (χ1) is 9.56. The highest BCUT2D eigenvalue weighted by Gasteiger charge is 2.06. The van der Waals surface area contributed by atoms with Crippen LogP contribution >= 0.6 is 0 Å². The Balaban J connectivity index is 1.99. The predicted octanol–water partition coefficient (Wildman–Crippen LogP) is 1.50. The number of amides is 1. The van der Waals surface area contributed by atoms with E-state index < -0.39 is 5.91 Å². The number of ether oxygens (including phenoxy) is 1. The number of nitrogens with one attached hydrogen (secondary N) is 2. The van der Waals surface area contributed by atoms with Gasteiger partial charge in [0.1, 0.15) is 5.75 Å². The number of nitrogens with two attached hydrogens (primary N) is 1. The summed E-state index contributed by atoms with van der Waals surface area (Å²) in [6.07, 6.45) is 0. The molecule has 0 aliphatic rings. The fourth-order valence-corrected chi connectivity index (χ4v) is 1.88. The topological polar surface area (TPSA) is 93.0 Å². The van der Waals surface area contributed by atoms with Crippen LogP contribution < -0.4 is 15.8 Å². The van der Waals surface area contributed by atoms with Gasteiger partial charge in [0.15, 0.2) is 6.61 Å². The SMILES string of the molecule is Cc1n[nH]c(C)c1CNc1cccc(OCC(N)=O)c1. The van der Waals surface area contributed by atoms with E-state index in [9.17, 15) is 4.79 Å². The van der Waals surface area contributed by atoms with Crippen LogP contribution in [0.3, 0.4) is 0 Å². The molecule has 106 valence electrons. The van der Waals surface area contributed by atoms with Crippen LogP contribution in [0, 0.1) is 13.8 Å². The summed E-state index contributed by atoms with van der Waals surface area (Å²) in [5.41, 5.74) is 9.13. The Kier molecular flexibility index (Phi) is 4.24. The summed E-state index contributed by atoms with van der Waals surface area (Å²) in [6, 6.07) is 7.39. The fourth-order valence-electron chi connectivity index (χ4n) is 1.88. The molecule has 1 aromatic carbocycles. The quantitative estimate of drug-likeness (QED) is 0.744. The van der Waals surface area contributed by atoms with E-state index >= 15 is 0 Å². The number of anilines is 1. The van der Waals surface area contributed by atoms with Gasteiger partial charge >= 0.3 is 0 Å². The van der Waals surface area contributed by atoms with Crippen LogP contribution in [0.15, 0.2) is 24.3 Å². The minimum Gasteiger partial charge on any atom is -0.484 e. The van der Waals surface area contributed by atoms with E-state index in [-0.39, 0.29) is 6.61 Å². The lowest BCUT2D eigenvalue weighted by Gasteiger charge is -2.09. The van der Waals surface area contributed by atoms with Gasteiger partial charge in [0.05, 0.1) is 5.69 Å². The summed E-state index contributed by atoms with van der Waals surface area (Å²) in [5, 5.41) is 10.4. The number of aryl methyl sites for hydroxylation is 2. The maximum Gasteiger partial charge on any atom is 0.255 e. The van der Waals surface area contributed by atoms with E-state index in [1.165, 1.54) is 0 Å². The molecule has 1 aromatic heterocycles. The van der Waals surface area contributed by atoms with Crippen molar-refractivity contribution in [1.29, 1.82) is 0 Å². The van der Waals surface area contributed by atoms with Gasteiger partial charge in [-0.05, 0) is 26.0 Å². The van der Waals surface area contributed by atoms with Gasteiger partial charge in [-0.15, -0.1) is 0 Å². The molecule has 0 radical (unpaired) electrons. The van der Waals surface area contributed by atoms with Crippen LogP contribution in [0.25, 0.3) is 0 Å². The van der Waals surface area contributed by atoms with Crippen LogP contribution in [-0.4, -0.2) is 22.7 Å². The Morgan fingerprint density at radius 1 is 1.45 bits per heavy atom. The number of rotatable bonds is 6. The molecule has 1 heterocycles. The third kappa shape index (κ3) is 3.50. The lowest BCUT2D eigenvalue weighted by Crippen LogP contribution is -2.20. The van der Waals surface area contributed by atoms with Gasteiger partial charge in [-0.2, -0.15) is 5.10 Å². The summed E-state index contributed by atoms with van der Waals surface area (Å²) in [5.74, 6) is 0.113. The maximum absolute atomic E-state index is 10.7. The lowest BCUT2D eigenvalue weighted by atomic mass is 10.2. The Hall–Kier alpha value is -2.50. The monoisotopic (exact) mass is 274 g/mol. The molecular formula is C14H18N4O2. The van der Waals surface area contributed by atoms with Gasteiger partial charge in [0.25, 0.3) is 5.91 Å². The van der Waals surface area contributed by atoms with E-state index in [4.69, 9.17) is 10.5 Å². The summed E-state index contributed by atoms with van der Waals surface area (Å²) < 4.78 is 5.26. The van der Waals surface area contributed by atoms with Crippen LogP contribution in [0.4, 0.5) is 5.69 Å². The van der Waals surface area contributed by atoms with E-state index in [1.807, 2.05) is 32.0 Å². The fraction of sp³-hybridized carbons (Fsp3) is 0.286. The van der Waals surface area contributed by atoms with E-state index in [0.717, 1.165) is 22.6 Å². The molecule has 2 aromatic rings. The number of H-pyrrole nitrogens is 1. The molecule has 0 spiro atoms. The smallest absolute Gasteiger partial charge is 0.255 e. The molecule has 4 N–H and O–H groups in total. The van der Waals surface area contributed by atoms with E-state index in [0.29, 0.717) is 12.3 Å². The molecule has 0 fully saturated rings. The largest absolute Gasteiger partial charge is 0.484 e. The normalized spacial score (nSPS) is 10.3. The number of aromatic amines is 1. The molecule has 1 amide bonds. The average Bonchev–Trinajstić information content (AvgIpc) is 2.74. The highest BCUT2D eigenvalue weighted by Crippen LogP contribution is 2.19. The van der Waals surface area contributed by atoms with Crippen LogP contribution in [0.1, 0.15) is 17.0 Å². The maximum atomic E-state index is 10.7. The summed E-state index contributed by atoms with van der Waals surface area (Å²) in [6.45, 7) is 4.51. The molecule has 0 atom stereocenters. The minimum absolute atomic E-state index is 0.122. The Morgan fingerprint density at radius 3 is 2.90 bits per heavy atom. The van der Waals surface area contributed by atoms with E-state index in [2.05, 4.69) is 15.5 Å². The second kappa shape index (κ2) is 6.10. The molecule has 0 unspecified atom stereocenters. The average molecular weight is 274 g/mol. The zero-order valence-electron chi connectivity index (χ0n) is 11.6. The molecule has 20 heavy (non-hydrogen) atoms. The van der Waals surface area contributed by atoms with Gasteiger partial charge in [0.2, 0.25) is 0 Å². The van der Waals surface area contributed by atoms with Crippen LogP contribution in [0.2, 0.25) is 0 Å². The molecule has 6 heteroatoms. The first kappa shape index (κ1) is 13.9. The number of primary amides is 1. The highest BCUT2D eigenvalue weighted by molar-refractivity contribution is 5.75. The number of hydrogen-bond donors (Lipinski definition) is 3. The summed E-state index contributed by atoms with van der Waals surface area (Å²) in [4.78, 5) is 10.7. The second-order valence-electron chi connectivity index (χ2n) is 4.55. The van der Waals surface area contributed by atoms with Crippen LogP contribution in [0.5, 0.6) is 5.75 Å². The molecule has 0 saturated heterocycles. The van der Waals surface area contributed by atoms with Gasteiger partial charge in [0, 0.05) is 29.6 Å². The Bertz CT molecular complexity index is 587. The standard InChI is InChI=1S/C14H18N4O2/c1-9-13(10(2)18-17-9)7-16-11-4-3-5-12(6-11)20-8-14(15)19/h3-6,16H,7-8H2,1-2H3,(H2,15,19)(H,17,18). The van der Waals surface area contributed by atoms with Gasteiger partial charge in [-0.25, -0.2) is 0 Å². The Morgan fingerprint density at radius 2 is 2.25 bits per heavy atom. The van der Waals surface area contributed by atoms with Crippen molar-refractivity contribution < 1.29 is 9.53 Å². The van der Waals surface area contributed by atoms with Gasteiger partial charge in [-0.3, -0.25) is 9.89 Å². The number of carbonyl (C=O) groups is 1. The molecule has 0 aliphatic carbocycles. The van der Waals surface area contributed by atoms with Crippen LogP contribution in [-0.2, 0) is 11.3 Å². The first-order valence-electron chi connectivity index (χ1n) is 6.31. The number of aromatic nitrogens is 2. The third-order valence-electron chi connectivity index (χ3n) is 2.97. The van der Waals surface area contributed by atoms with Crippen molar-refractivity contribution in [3.05, 3.63) is 41.2 Å². The number of benzene rings is 1.